The van der Waals surface area contributed by atoms with E-state index < -0.39 is 0 Å². The zero-order valence-corrected chi connectivity index (χ0v) is 26.6. The molecule has 10 nitrogen and oxygen atoms in total. The van der Waals surface area contributed by atoms with Gasteiger partial charge >= 0.3 is 6.01 Å². The minimum Gasteiger partial charge on any atom is -0.464 e. The molecular formula is C33H46FN7O3. The van der Waals surface area contributed by atoms with Crippen LogP contribution in [0.2, 0.25) is 0 Å². The van der Waals surface area contributed by atoms with Crippen LogP contribution in [0.3, 0.4) is 0 Å². The Bertz CT molecular complexity index is 1280. The van der Waals surface area contributed by atoms with Crippen molar-refractivity contribution in [3.63, 3.8) is 0 Å². The van der Waals surface area contributed by atoms with Crippen molar-refractivity contribution in [3.8, 4) is 12.1 Å². The lowest BCUT2D eigenvalue weighted by atomic mass is 9.85. The van der Waals surface area contributed by atoms with Crippen molar-refractivity contribution >= 4 is 23.3 Å². The van der Waals surface area contributed by atoms with Crippen molar-refractivity contribution in [1.82, 2.24) is 19.8 Å². The Morgan fingerprint density at radius 3 is 2.27 bits per heavy atom. The molecule has 44 heavy (non-hydrogen) atoms. The van der Waals surface area contributed by atoms with Crippen LogP contribution in [0.4, 0.5) is 15.9 Å². The first-order chi connectivity index (χ1) is 21.2. The number of amides is 2. The van der Waals surface area contributed by atoms with Gasteiger partial charge in [-0.1, -0.05) is 13.5 Å². The van der Waals surface area contributed by atoms with Gasteiger partial charge in [0.2, 0.25) is 11.8 Å². The molecule has 2 saturated heterocycles. The molecule has 0 spiro atoms. The van der Waals surface area contributed by atoms with Gasteiger partial charge in [0, 0.05) is 63.2 Å². The molecule has 1 aliphatic carbocycles. The first kappa shape index (κ1) is 34.5. The molecule has 2 fully saturated rings. The fraction of sp³-hybridized carbons (Fsp3) is 0.545. The van der Waals surface area contributed by atoms with Gasteiger partial charge in [0.1, 0.15) is 11.6 Å². The Labute approximate surface area is 261 Å². The predicted octanol–water partition coefficient (Wildman–Crippen LogP) is 4.25. The van der Waals surface area contributed by atoms with Gasteiger partial charge < -0.3 is 24.3 Å². The predicted molar refractivity (Wildman–Crippen MR) is 170 cm³/mol. The number of anilines is 2. The number of nitrogens with zero attached hydrogens (tertiary/aromatic N) is 7. The van der Waals surface area contributed by atoms with Crippen molar-refractivity contribution < 1.29 is 18.7 Å². The van der Waals surface area contributed by atoms with E-state index in [1.54, 1.807) is 29.0 Å². The smallest absolute Gasteiger partial charge is 0.318 e. The van der Waals surface area contributed by atoms with Crippen molar-refractivity contribution in [2.24, 2.45) is 5.92 Å². The number of ether oxygens (including phenoxy) is 1. The second-order valence-corrected chi connectivity index (χ2v) is 11.0. The molecule has 3 aliphatic rings. The molecule has 1 atom stereocenters. The highest BCUT2D eigenvalue weighted by Crippen LogP contribution is 2.34. The molecule has 2 amide bonds. The third kappa shape index (κ3) is 9.48. The maximum absolute atomic E-state index is 13.3. The number of likely N-dealkylation sites (tertiary alicyclic amines) is 1. The molecule has 0 bridgehead atoms. The van der Waals surface area contributed by atoms with Crippen molar-refractivity contribution in [2.75, 3.05) is 69.8 Å². The second kappa shape index (κ2) is 17.3. The summed E-state index contributed by atoms with van der Waals surface area (Å²) in [6.45, 7) is 12.9. The average molecular weight is 608 g/mol. The van der Waals surface area contributed by atoms with Crippen molar-refractivity contribution in [1.29, 1.82) is 5.26 Å². The van der Waals surface area contributed by atoms with E-state index in [-0.39, 0.29) is 23.5 Å². The quantitative estimate of drug-likeness (QED) is 0.449. The van der Waals surface area contributed by atoms with Crippen LogP contribution in [0.1, 0.15) is 50.8 Å². The molecule has 5 rings (SSSR count). The van der Waals surface area contributed by atoms with E-state index in [9.17, 15) is 14.0 Å². The van der Waals surface area contributed by atoms with E-state index in [4.69, 9.17) is 10.00 Å². The van der Waals surface area contributed by atoms with Gasteiger partial charge in [-0.05, 0) is 83.1 Å². The third-order valence-electron chi connectivity index (χ3n) is 7.95. The Hall–Kier alpha value is -4.04. The monoisotopic (exact) mass is 607 g/mol. The molecule has 0 unspecified atom stereocenters. The normalized spacial score (nSPS) is 17.6. The second-order valence-electron chi connectivity index (χ2n) is 11.0. The molecule has 0 saturated carbocycles. The lowest BCUT2D eigenvalue weighted by molar-refractivity contribution is -0.126. The van der Waals surface area contributed by atoms with Gasteiger partial charge in [-0.25, -0.2) is 4.39 Å². The van der Waals surface area contributed by atoms with Crippen LogP contribution in [0, 0.1) is 23.1 Å². The summed E-state index contributed by atoms with van der Waals surface area (Å²) in [4.78, 5) is 42.4. The summed E-state index contributed by atoms with van der Waals surface area (Å²) in [6, 6.07) is 8.15. The maximum Gasteiger partial charge on any atom is 0.318 e. The number of carbonyl (C=O) groups excluding carboxylic acids is 2. The highest BCUT2D eigenvalue weighted by atomic mass is 19.1. The van der Waals surface area contributed by atoms with E-state index in [0.717, 1.165) is 17.1 Å². The fourth-order valence-corrected chi connectivity index (χ4v) is 5.45. The maximum atomic E-state index is 13.3. The minimum atomic E-state index is -0.335. The minimum absolute atomic E-state index is 0.0214. The van der Waals surface area contributed by atoms with Crippen molar-refractivity contribution in [2.45, 2.75) is 52.4 Å². The number of nitriles is 1. The molecule has 1 aromatic carbocycles. The summed E-state index contributed by atoms with van der Waals surface area (Å²) < 4.78 is 18.9. The zero-order chi connectivity index (χ0) is 32.1. The molecule has 3 heterocycles. The molecule has 2 aliphatic heterocycles. The molecule has 0 radical (unpaired) electrons. The van der Waals surface area contributed by atoms with Crippen LogP contribution in [0.5, 0.6) is 6.01 Å². The largest absolute Gasteiger partial charge is 0.464 e. The highest BCUT2D eigenvalue weighted by molar-refractivity contribution is 5.94. The third-order valence-corrected chi connectivity index (χ3v) is 7.95. The van der Waals surface area contributed by atoms with E-state index >= 15 is 0 Å². The summed E-state index contributed by atoms with van der Waals surface area (Å²) in [6.07, 6.45) is 6.64. The van der Waals surface area contributed by atoms with Crippen LogP contribution in [0.15, 0.2) is 36.9 Å². The van der Waals surface area contributed by atoms with E-state index in [1.165, 1.54) is 44.1 Å². The van der Waals surface area contributed by atoms with E-state index in [0.29, 0.717) is 70.2 Å². The van der Waals surface area contributed by atoms with Crippen LogP contribution in [0.25, 0.3) is 0 Å². The molecule has 2 aromatic rings. The Balaban J connectivity index is 0.000000452. The Morgan fingerprint density at radius 2 is 1.75 bits per heavy atom. The van der Waals surface area contributed by atoms with Gasteiger partial charge in [-0.2, -0.15) is 15.2 Å². The van der Waals surface area contributed by atoms with Crippen LogP contribution >= 0.6 is 0 Å². The number of carbonyl (C=O) groups is 2. The summed E-state index contributed by atoms with van der Waals surface area (Å²) >= 11 is 0. The first-order valence-electron chi connectivity index (χ1n) is 15.5. The van der Waals surface area contributed by atoms with Gasteiger partial charge in [-0.3, -0.25) is 9.59 Å². The molecular weight excluding hydrogens is 561 g/mol. The van der Waals surface area contributed by atoms with Crippen LogP contribution < -0.4 is 14.5 Å². The van der Waals surface area contributed by atoms with E-state index in [1.807, 2.05) is 19.9 Å². The van der Waals surface area contributed by atoms with Gasteiger partial charge in [0.05, 0.1) is 18.4 Å². The SMILES string of the molecule is C=CC(=O)N1CCN(c2nc(OCC)nc3c2CC[C@@H](C(=O)N(C)c2ccc(F)cc2)C3)CC1.CCC#N.CN1CCCC1. The first-order valence-corrected chi connectivity index (χ1v) is 15.5. The highest BCUT2D eigenvalue weighted by Gasteiger charge is 2.33. The zero-order valence-electron chi connectivity index (χ0n) is 26.6. The molecule has 11 heteroatoms. The average Bonchev–Trinajstić information content (AvgIpc) is 3.54. The summed E-state index contributed by atoms with van der Waals surface area (Å²) in [5, 5.41) is 7.62. The summed E-state index contributed by atoms with van der Waals surface area (Å²) in [5.74, 6) is 0.176. The summed E-state index contributed by atoms with van der Waals surface area (Å²) in [5.41, 5.74) is 2.53. The van der Waals surface area contributed by atoms with E-state index in [2.05, 4.69) is 33.4 Å². The number of hydrogen-bond acceptors (Lipinski definition) is 8. The summed E-state index contributed by atoms with van der Waals surface area (Å²) in [7, 11) is 3.89. The lowest BCUT2D eigenvalue weighted by Gasteiger charge is -2.37. The van der Waals surface area contributed by atoms with Crippen LogP contribution in [-0.2, 0) is 22.4 Å². The standard InChI is InChI=1S/C25H30FN5O3.C5H11N.C3H5N/c1-4-22(32)30-12-14-31(15-13-30)23-20-11-6-17(16-21(20)27-25(28-23)34-5-2)24(33)29(3)19-9-7-18(26)8-10-19;1-6-4-2-3-5-6;1-2-3-4/h4,7-10,17H,1,5-6,11-16H2,2-3H3;2-5H2,1H3;2H2,1H3/t17-;;/m1../s1. The topological polar surface area (TPSA) is 106 Å². The Morgan fingerprint density at radius 1 is 1.11 bits per heavy atom. The number of piperazine rings is 1. The van der Waals surface area contributed by atoms with Gasteiger partial charge in [-0.15, -0.1) is 0 Å². The number of hydrogen-bond donors (Lipinski definition) is 0. The van der Waals surface area contributed by atoms with Crippen LogP contribution in [-0.4, -0.2) is 91.6 Å². The Kier molecular flexibility index (Phi) is 13.5. The number of aromatic nitrogens is 2. The molecule has 0 N–H and O–H groups in total. The van der Waals surface area contributed by atoms with Crippen molar-refractivity contribution in [3.05, 3.63) is 54.0 Å². The lowest BCUT2D eigenvalue weighted by Crippen LogP contribution is -2.49. The van der Waals surface area contributed by atoms with Gasteiger partial charge in [0.25, 0.3) is 0 Å². The number of rotatable bonds is 6. The molecule has 1 aromatic heterocycles. The number of benzene rings is 1. The van der Waals surface area contributed by atoms with Gasteiger partial charge in [0.15, 0.2) is 0 Å². The molecule has 238 valence electrons. The number of fused-ring (bicyclic) bond motifs is 1. The fourth-order valence-electron chi connectivity index (χ4n) is 5.45. The number of halogens is 1.